The van der Waals surface area contributed by atoms with E-state index in [1.165, 1.54) is 0 Å². The van der Waals surface area contributed by atoms with Crippen LogP contribution in [-0.4, -0.2) is 48.2 Å². The molecule has 3 N–H and O–H groups in total. The van der Waals surface area contributed by atoms with Gasteiger partial charge in [0.1, 0.15) is 0 Å². The Balaban J connectivity index is 3.01. The minimum absolute atomic E-state index is 0.0207. The molecule has 1 amide bonds. The Morgan fingerprint density at radius 2 is 2.15 bits per heavy atom. The van der Waals surface area contributed by atoms with E-state index in [9.17, 15) is 4.79 Å². The molecule has 1 rings (SSSR count). The number of hydrogen-bond donors (Lipinski definition) is 2. The number of nitrogens with zero attached hydrogens (tertiary/aromatic N) is 2. The summed E-state index contributed by atoms with van der Waals surface area (Å²) < 4.78 is 5.09. The second-order valence-electron chi connectivity index (χ2n) is 4.46. The predicted molar refractivity (Wildman–Crippen MR) is 77.0 cm³/mol. The maximum absolute atomic E-state index is 12.5. The van der Waals surface area contributed by atoms with E-state index in [1.54, 1.807) is 36.3 Å². The summed E-state index contributed by atoms with van der Waals surface area (Å²) in [6.45, 7) is 4.90. The van der Waals surface area contributed by atoms with Crippen LogP contribution in [0.3, 0.4) is 0 Å². The van der Waals surface area contributed by atoms with Crippen molar-refractivity contribution in [2.24, 2.45) is 10.9 Å². The number of hydrogen-bond acceptors (Lipinski definition) is 4. The number of amides is 1. The van der Waals surface area contributed by atoms with E-state index in [0.717, 1.165) is 0 Å². The van der Waals surface area contributed by atoms with Gasteiger partial charge >= 0.3 is 0 Å². The summed E-state index contributed by atoms with van der Waals surface area (Å²) >= 11 is 0. The highest BCUT2D eigenvalue weighted by molar-refractivity contribution is 6.01. The molecule has 0 aromatic heterocycles. The molecular formula is C14H21N3O3. The Labute approximate surface area is 118 Å². The molecule has 0 aliphatic carbocycles. The first-order chi connectivity index (χ1) is 9.54. The number of methoxy groups -OCH3 is 1. The number of likely N-dealkylation sites (N-methyl/N-ethyl adjacent to an activating group) is 1. The molecule has 1 unspecified atom stereocenters. The van der Waals surface area contributed by atoms with Crippen LogP contribution in [0.15, 0.2) is 29.4 Å². The van der Waals surface area contributed by atoms with Crippen molar-refractivity contribution in [2.45, 2.75) is 19.9 Å². The van der Waals surface area contributed by atoms with E-state index in [0.29, 0.717) is 24.3 Å². The molecule has 0 heterocycles. The van der Waals surface area contributed by atoms with Gasteiger partial charge in [-0.15, -0.1) is 0 Å². The predicted octanol–water partition coefficient (Wildman–Crippen LogP) is 1.28. The molecule has 1 aromatic rings. The molecule has 6 heteroatoms. The van der Waals surface area contributed by atoms with Crippen LogP contribution in [0.5, 0.6) is 0 Å². The van der Waals surface area contributed by atoms with E-state index in [2.05, 4.69) is 5.16 Å². The van der Waals surface area contributed by atoms with Crippen LogP contribution < -0.4 is 5.73 Å². The van der Waals surface area contributed by atoms with Crippen LogP contribution in [0.1, 0.15) is 29.8 Å². The summed E-state index contributed by atoms with van der Waals surface area (Å²) in [6.07, 6.45) is 0. The number of benzene rings is 1. The van der Waals surface area contributed by atoms with E-state index in [1.807, 2.05) is 13.8 Å². The van der Waals surface area contributed by atoms with Gasteiger partial charge in [-0.2, -0.15) is 0 Å². The van der Waals surface area contributed by atoms with Crippen molar-refractivity contribution < 1.29 is 14.7 Å². The molecule has 0 saturated carbocycles. The van der Waals surface area contributed by atoms with Crippen molar-refractivity contribution >= 4 is 11.7 Å². The van der Waals surface area contributed by atoms with Gasteiger partial charge in [0.25, 0.3) is 5.91 Å². The molecule has 1 atom stereocenters. The van der Waals surface area contributed by atoms with Gasteiger partial charge in [-0.05, 0) is 26.0 Å². The zero-order valence-electron chi connectivity index (χ0n) is 12.0. The van der Waals surface area contributed by atoms with Crippen LogP contribution in [0.25, 0.3) is 0 Å². The second-order valence-corrected chi connectivity index (χ2v) is 4.46. The largest absolute Gasteiger partial charge is 0.409 e. The van der Waals surface area contributed by atoms with Gasteiger partial charge in [-0.25, -0.2) is 0 Å². The average molecular weight is 279 g/mol. The highest BCUT2D eigenvalue weighted by atomic mass is 16.5. The molecule has 0 bridgehead atoms. The van der Waals surface area contributed by atoms with Crippen LogP contribution >= 0.6 is 0 Å². The van der Waals surface area contributed by atoms with Gasteiger partial charge in [0.05, 0.1) is 12.6 Å². The Kier molecular flexibility index (Phi) is 5.99. The fourth-order valence-electron chi connectivity index (χ4n) is 2.02. The summed E-state index contributed by atoms with van der Waals surface area (Å²) in [7, 11) is 1.61. The van der Waals surface area contributed by atoms with Gasteiger partial charge in [0, 0.05) is 24.8 Å². The molecule has 0 aliphatic rings. The number of rotatable bonds is 6. The third kappa shape index (κ3) is 3.71. The fraction of sp³-hybridized carbons (Fsp3) is 0.429. The van der Waals surface area contributed by atoms with Crippen LogP contribution in [0.2, 0.25) is 0 Å². The lowest BCUT2D eigenvalue weighted by Crippen LogP contribution is -2.41. The lowest BCUT2D eigenvalue weighted by Gasteiger charge is -2.27. The first-order valence-corrected chi connectivity index (χ1v) is 6.43. The van der Waals surface area contributed by atoms with Crippen molar-refractivity contribution in [2.75, 3.05) is 20.3 Å². The summed E-state index contributed by atoms with van der Waals surface area (Å²) in [5.41, 5.74) is 6.54. The standard InChI is InChI=1S/C14H21N3O3/c1-4-17(10(2)9-20-3)14(18)12-7-5-6-11(8-12)13(15)16-19/h5-8,10,19H,4,9H2,1-3H3,(H2,15,16). The van der Waals surface area contributed by atoms with E-state index in [4.69, 9.17) is 15.7 Å². The lowest BCUT2D eigenvalue weighted by molar-refractivity contribution is 0.0579. The van der Waals surface area contributed by atoms with Crippen molar-refractivity contribution in [1.29, 1.82) is 0 Å². The smallest absolute Gasteiger partial charge is 0.254 e. The monoisotopic (exact) mass is 279 g/mol. The maximum atomic E-state index is 12.5. The normalized spacial score (nSPS) is 13.1. The fourth-order valence-corrected chi connectivity index (χ4v) is 2.02. The Hall–Kier alpha value is -2.08. The van der Waals surface area contributed by atoms with Crippen LogP contribution in [0.4, 0.5) is 0 Å². The highest BCUT2D eigenvalue weighted by Crippen LogP contribution is 2.11. The van der Waals surface area contributed by atoms with Gasteiger partial charge in [0.2, 0.25) is 0 Å². The minimum atomic E-state index is -0.107. The van der Waals surface area contributed by atoms with Gasteiger partial charge in [0.15, 0.2) is 5.84 Å². The zero-order chi connectivity index (χ0) is 15.1. The van der Waals surface area contributed by atoms with E-state index in [-0.39, 0.29) is 17.8 Å². The van der Waals surface area contributed by atoms with Crippen LogP contribution in [-0.2, 0) is 4.74 Å². The molecule has 0 radical (unpaired) electrons. The summed E-state index contributed by atoms with van der Waals surface area (Å²) in [4.78, 5) is 14.2. The Bertz CT molecular complexity index is 488. The molecule has 0 fully saturated rings. The highest BCUT2D eigenvalue weighted by Gasteiger charge is 2.20. The van der Waals surface area contributed by atoms with Gasteiger partial charge in [-0.3, -0.25) is 4.79 Å². The molecule has 0 saturated heterocycles. The first kappa shape index (κ1) is 16.0. The second kappa shape index (κ2) is 7.49. The van der Waals surface area contributed by atoms with Crippen molar-refractivity contribution in [3.8, 4) is 0 Å². The molecular weight excluding hydrogens is 258 g/mol. The molecule has 1 aromatic carbocycles. The number of ether oxygens (including phenoxy) is 1. The number of carbonyl (C=O) groups is 1. The van der Waals surface area contributed by atoms with Crippen molar-refractivity contribution in [3.05, 3.63) is 35.4 Å². The topological polar surface area (TPSA) is 88.2 Å². The first-order valence-electron chi connectivity index (χ1n) is 6.43. The number of oxime groups is 1. The Morgan fingerprint density at radius 3 is 2.70 bits per heavy atom. The van der Waals surface area contributed by atoms with Gasteiger partial charge < -0.3 is 20.6 Å². The summed E-state index contributed by atoms with van der Waals surface area (Å²) in [5.74, 6) is -0.128. The lowest BCUT2D eigenvalue weighted by atomic mass is 10.1. The number of carbonyl (C=O) groups excluding carboxylic acids is 1. The third-order valence-corrected chi connectivity index (χ3v) is 3.05. The Morgan fingerprint density at radius 1 is 1.50 bits per heavy atom. The number of nitrogens with two attached hydrogens (primary N) is 1. The van der Waals surface area contributed by atoms with Crippen molar-refractivity contribution in [1.82, 2.24) is 4.90 Å². The molecule has 0 spiro atoms. The van der Waals surface area contributed by atoms with Crippen molar-refractivity contribution in [3.63, 3.8) is 0 Å². The van der Waals surface area contributed by atoms with Crippen LogP contribution in [0, 0.1) is 0 Å². The average Bonchev–Trinajstić information content (AvgIpc) is 2.47. The van der Waals surface area contributed by atoms with E-state index >= 15 is 0 Å². The van der Waals surface area contributed by atoms with E-state index < -0.39 is 0 Å². The SMILES string of the molecule is CCN(C(=O)c1cccc(C(N)=NO)c1)C(C)COC. The molecule has 110 valence electrons. The minimum Gasteiger partial charge on any atom is -0.409 e. The summed E-state index contributed by atoms with van der Waals surface area (Å²) in [5, 5.41) is 11.6. The molecule has 20 heavy (non-hydrogen) atoms. The number of amidine groups is 1. The summed E-state index contributed by atoms with van der Waals surface area (Å²) in [6, 6.07) is 6.68. The zero-order valence-corrected chi connectivity index (χ0v) is 12.0. The molecule has 6 nitrogen and oxygen atoms in total. The quantitative estimate of drug-likeness (QED) is 0.355. The van der Waals surface area contributed by atoms with Gasteiger partial charge in [-0.1, -0.05) is 17.3 Å². The molecule has 0 aliphatic heterocycles. The third-order valence-electron chi connectivity index (χ3n) is 3.05. The maximum Gasteiger partial charge on any atom is 0.254 e.